The number of carbonyl (C=O) groups excluding carboxylic acids is 2. The molecule has 0 atom stereocenters. The maximum Gasteiger partial charge on any atom is 0.253 e. The van der Waals surface area contributed by atoms with Crippen LogP contribution in [0.15, 0.2) is 67.3 Å². The molecular formula is C32H29ClN8O2S. The molecule has 0 bridgehead atoms. The van der Waals surface area contributed by atoms with Crippen molar-refractivity contribution in [2.45, 2.75) is 26.3 Å². The summed E-state index contributed by atoms with van der Waals surface area (Å²) >= 11 is 8.36. The monoisotopic (exact) mass is 624 g/mol. The summed E-state index contributed by atoms with van der Waals surface area (Å²) in [5.74, 6) is -0.207. The molecule has 0 unspecified atom stereocenters. The van der Waals surface area contributed by atoms with Crippen LogP contribution in [-0.4, -0.2) is 72.5 Å². The number of halogens is 1. The Labute approximate surface area is 263 Å². The number of amides is 2. The first-order valence-corrected chi connectivity index (χ1v) is 15.6. The molecule has 44 heavy (non-hydrogen) atoms. The van der Waals surface area contributed by atoms with Gasteiger partial charge in [0.2, 0.25) is 5.91 Å². The van der Waals surface area contributed by atoms with Gasteiger partial charge in [-0.05, 0) is 54.8 Å². The molecule has 1 fully saturated rings. The number of fused-ring (bicyclic) bond motifs is 3. The molecule has 222 valence electrons. The predicted octanol–water partition coefficient (Wildman–Crippen LogP) is 5.12. The lowest BCUT2D eigenvalue weighted by molar-refractivity contribution is -0.114. The number of benzene rings is 1. The Morgan fingerprint density at radius 3 is 2.50 bits per heavy atom. The highest BCUT2D eigenvalue weighted by Crippen LogP contribution is 2.44. The van der Waals surface area contributed by atoms with Crippen molar-refractivity contribution in [3.63, 3.8) is 0 Å². The van der Waals surface area contributed by atoms with E-state index >= 15 is 0 Å². The molecule has 1 aliphatic carbocycles. The number of aryl methyl sites for hydroxylation is 1. The molecule has 1 N–H and O–H groups in total. The minimum Gasteiger partial charge on any atom is -0.336 e. The van der Waals surface area contributed by atoms with Crippen molar-refractivity contribution in [1.29, 1.82) is 0 Å². The first-order chi connectivity index (χ1) is 21.4. The second kappa shape index (κ2) is 11.9. The normalized spacial score (nSPS) is 14.6. The van der Waals surface area contributed by atoms with E-state index < -0.39 is 0 Å². The van der Waals surface area contributed by atoms with Crippen LogP contribution in [0.1, 0.15) is 34.1 Å². The highest BCUT2D eigenvalue weighted by molar-refractivity contribution is 7.19. The summed E-state index contributed by atoms with van der Waals surface area (Å²) in [6.07, 6.45) is 8.66. The zero-order valence-electron chi connectivity index (χ0n) is 24.0. The Hall–Kier alpha value is -4.45. The number of anilines is 1. The summed E-state index contributed by atoms with van der Waals surface area (Å²) in [4.78, 5) is 43.6. The van der Waals surface area contributed by atoms with Crippen molar-refractivity contribution in [2.24, 2.45) is 0 Å². The van der Waals surface area contributed by atoms with E-state index in [9.17, 15) is 9.59 Å². The molecule has 12 heteroatoms. The molecule has 0 spiro atoms. The molecule has 5 heterocycles. The molecule has 2 amide bonds. The molecule has 0 saturated carbocycles. The Bertz CT molecular complexity index is 1850. The minimum absolute atomic E-state index is 0.0392. The van der Waals surface area contributed by atoms with Crippen molar-refractivity contribution in [2.75, 3.05) is 31.5 Å². The summed E-state index contributed by atoms with van der Waals surface area (Å²) in [5, 5.41) is 8.85. The highest BCUT2D eigenvalue weighted by Gasteiger charge is 2.31. The average molecular weight is 625 g/mol. The summed E-state index contributed by atoms with van der Waals surface area (Å²) in [6, 6.07) is 13.3. The molecule has 7 rings (SSSR count). The van der Waals surface area contributed by atoms with E-state index in [0.717, 1.165) is 65.6 Å². The quantitative estimate of drug-likeness (QED) is 0.279. The average Bonchev–Trinajstić information content (AvgIpc) is 3.63. The molecule has 1 aromatic carbocycles. The van der Waals surface area contributed by atoms with Gasteiger partial charge in [0.25, 0.3) is 5.91 Å². The van der Waals surface area contributed by atoms with E-state index in [1.807, 2.05) is 46.1 Å². The fourth-order valence-corrected chi connectivity index (χ4v) is 7.21. The van der Waals surface area contributed by atoms with Gasteiger partial charge >= 0.3 is 0 Å². The summed E-state index contributed by atoms with van der Waals surface area (Å²) in [6.45, 7) is 5.16. The van der Waals surface area contributed by atoms with E-state index in [2.05, 4.69) is 26.3 Å². The van der Waals surface area contributed by atoms with Gasteiger partial charge in [0.05, 0.1) is 32.7 Å². The van der Waals surface area contributed by atoms with Crippen molar-refractivity contribution in [3.05, 3.63) is 94.7 Å². The van der Waals surface area contributed by atoms with Crippen molar-refractivity contribution >= 4 is 39.9 Å². The van der Waals surface area contributed by atoms with Crippen LogP contribution in [0.3, 0.4) is 0 Å². The van der Waals surface area contributed by atoms with Gasteiger partial charge in [-0.3, -0.25) is 24.5 Å². The lowest BCUT2D eigenvalue weighted by Gasteiger charge is -2.34. The van der Waals surface area contributed by atoms with E-state index in [0.29, 0.717) is 34.5 Å². The first kappa shape index (κ1) is 28.3. The zero-order valence-corrected chi connectivity index (χ0v) is 25.6. The number of hydrogen-bond acceptors (Lipinski definition) is 8. The predicted molar refractivity (Wildman–Crippen MR) is 170 cm³/mol. The second-order valence-electron chi connectivity index (χ2n) is 10.9. The minimum atomic E-state index is -0.168. The molecule has 10 nitrogen and oxygen atoms in total. The number of pyridine rings is 2. The molecule has 5 aromatic rings. The van der Waals surface area contributed by atoms with Gasteiger partial charge in [-0.15, -0.1) is 0 Å². The third-order valence-electron chi connectivity index (χ3n) is 7.94. The van der Waals surface area contributed by atoms with Crippen molar-refractivity contribution in [3.8, 4) is 27.5 Å². The Kier molecular flexibility index (Phi) is 7.67. The van der Waals surface area contributed by atoms with Crippen LogP contribution in [0.4, 0.5) is 5.13 Å². The van der Waals surface area contributed by atoms with Gasteiger partial charge in [-0.2, -0.15) is 5.10 Å². The van der Waals surface area contributed by atoms with Crippen molar-refractivity contribution < 1.29 is 9.59 Å². The maximum atomic E-state index is 13.5. The van der Waals surface area contributed by atoms with Crippen LogP contribution in [-0.2, 0) is 24.2 Å². The number of hydrogen-bond donors (Lipinski definition) is 1. The molecule has 1 aliphatic heterocycles. The van der Waals surface area contributed by atoms with Gasteiger partial charge in [0.15, 0.2) is 5.13 Å². The van der Waals surface area contributed by atoms with Gasteiger partial charge in [-0.1, -0.05) is 29.0 Å². The van der Waals surface area contributed by atoms with Gasteiger partial charge in [-0.25, -0.2) is 9.67 Å². The van der Waals surface area contributed by atoms with Crippen LogP contribution in [0.2, 0.25) is 5.02 Å². The van der Waals surface area contributed by atoms with E-state index in [1.54, 1.807) is 24.7 Å². The number of piperazine rings is 1. The van der Waals surface area contributed by atoms with E-state index in [1.165, 1.54) is 23.8 Å². The Morgan fingerprint density at radius 2 is 1.80 bits per heavy atom. The fourth-order valence-electron chi connectivity index (χ4n) is 5.84. The number of nitrogens with one attached hydrogen (secondary N) is 1. The van der Waals surface area contributed by atoms with Crippen LogP contribution in [0, 0.1) is 0 Å². The lowest BCUT2D eigenvalue weighted by Crippen LogP contribution is -2.48. The van der Waals surface area contributed by atoms with Crippen LogP contribution in [0.25, 0.3) is 27.5 Å². The number of carbonyl (C=O) groups is 2. The molecule has 4 aromatic heterocycles. The third kappa shape index (κ3) is 5.49. The second-order valence-corrected chi connectivity index (χ2v) is 12.3. The molecule has 1 saturated heterocycles. The van der Waals surface area contributed by atoms with Crippen molar-refractivity contribution in [1.82, 2.24) is 34.5 Å². The van der Waals surface area contributed by atoms with Crippen LogP contribution >= 0.6 is 22.9 Å². The SMILES string of the molecule is CC(=O)Nc1nc2c(s1)-c1c(c(-c3cccnc3)nn1-c1ccc(C(=O)N3CCN(Cc4cccnc4)CC3)cc1Cl)CC2. The topological polar surface area (TPSA) is 109 Å². The number of aromatic nitrogens is 5. The zero-order chi connectivity index (χ0) is 30.2. The number of thiazole rings is 1. The molecular weight excluding hydrogens is 596 g/mol. The lowest BCUT2D eigenvalue weighted by atomic mass is 9.95. The third-order valence-corrected chi connectivity index (χ3v) is 9.26. The van der Waals surface area contributed by atoms with Crippen LogP contribution in [0.5, 0.6) is 0 Å². The summed E-state index contributed by atoms with van der Waals surface area (Å²) < 4.78 is 1.85. The van der Waals surface area contributed by atoms with E-state index in [-0.39, 0.29) is 11.8 Å². The number of rotatable bonds is 6. The Balaban J connectivity index is 1.18. The molecule has 2 aliphatic rings. The van der Waals surface area contributed by atoms with Gasteiger partial charge < -0.3 is 10.2 Å². The number of nitrogens with zero attached hydrogens (tertiary/aromatic N) is 7. The molecule has 0 radical (unpaired) electrons. The smallest absolute Gasteiger partial charge is 0.253 e. The standard InChI is InChI=1S/C32H29ClN8O2S/c1-20(42)36-32-37-26-8-7-24-28(23-5-3-11-35-18-23)38-41(29(24)30(26)44-32)27-9-6-22(16-25(27)33)31(43)40-14-12-39(13-15-40)19-21-4-2-10-34-17-21/h2-6,9-11,16-18H,7-8,12-15,19H2,1H3,(H,36,37,42). The highest BCUT2D eigenvalue weighted by atomic mass is 35.5. The summed E-state index contributed by atoms with van der Waals surface area (Å²) in [5.41, 5.74) is 6.98. The van der Waals surface area contributed by atoms with Crippen LogP contribution < -0.4 is 5.32 Å². The Morgan fingerprint density at radius 1 is 1.00 bits per heavy atom. The fraction of sp³-hybridized carbons (Fsp3) is 0.250. The first-order valence-electron chi connectivity index (χ1n) is 14.4. The van der Waals surface area contributed by atoms with E-state index in [4.69, 9.17) is 21.7 Å². The summed E-state index contributed by atoms with van der Waals surface area (Å²) in [7, 11) is 0. The van der Waals surface area contributed by atoms with Gasteiger partial charge in [0, 0.05) is 81.1 Å². The maximum absolute atomic E-state index is 13.5. The largest absolute Gasteiger partial charge is 0.336 e. The van der Waals surface area contributed by atoms with Gasteiger partial charge in [0.1, 0.15) is 0 Å².